The van der Waals surface area contributed by atoms with E-state index in [1.165, 1.54) is 4.68 Å². The largest absolute Gasteiger partial charge is 0.345 e. The van der Waals surface area contributed by atoms with E-state index in [9.17, 15) is 9.59 Å². The Balaban J connectivity index is 1.54. The lowest BCUT2D eigenvalue weighted by Crippen LogP contribution is -2.35. The number of imidazole rings is 1. The minimum absolute atomic E-state index is 0.145. The van der Waals surface area contributed by atoms with Crippen LogP contribution in [0.25, 0.3) is 21.8 Å². The molecule has 4 aromatic rings. The van der Waals surface area contributed by atoms with Gasteiger partial charge in [-0.05, 0) is 44.5 Å². The van der Waals surface area contributed by atoms with Crippen molar-refractivity contribution >= 4 is 27.7 Å². The summed E-state index contributed by atoms with van der Waals surface area (Å²) in [5.41, 5.74) is 3.35. The van der Waals surface area contributed by atoms with Crippen molar-refractivity contribution in [1.29, 1.82) is 0 Å². The van der Waals surface area contributed by atoms with Gasteiger partial charge in [0, 0.05) is 5.39 Å². The van der Waals surface area contributed by atoms with E-state index in [0.29, 0.717) is 16.9 Å². The van der Waals surface area contributed by atoms with E-state index < -0.39 is 0 Å². The SMILES string of the molecule is Cc1ccc2nc([C@@H](C)NC(=O)Cn3nc(C)c4ccccc4c3=O)[nH]c2c1. The molecule has 0 aliphatic carbocycles. The Morgan fingerprint density at radius 3 is 2.71 bits per heavy atom. The fraction of sp³-hybridized carbons (Fsp3) is 0.238. The second-order valence-corrected chi connectivity index (χ2v) is 7.03. The van der Waals surface area contributed by atoms with Crippen LogP contribution in [0, 0.1) is 13.8 Å². The predicted molar refractivity (Wildman–Crippen MR) is 108 cm³/mol. The zero-order valence-electron chi connectivity index (χ0n) is 16.0. The van der Waals surface area contributed by atoms with E-state index >= 15 is 0 Å². The van der Waals surface area contributed by atoms with E-state index in [4.69, 9.17) is 0 Å². The number of benzene rings is 2. The molecule has 0 radical (unpaired) electrons. The average Bonchev–Trinajstić information content (AvgIpc) is 3.09. The minimum atomic E-state index is -0.322. The maximum Gasteiger partial charge on any atom is 0.275 e. The van der Waals surface area contributed by atoms with E-state index in [0.717, 1.165) is 22.0 Å². The third-order valence-electron chi connectivity index (χ3n) is 4.79. The Hall–Kier alpha value is -3.48. The van der Waals surface area contributed by atoms with Gasteiger partial charge in [0.15, 0.2) is 0 Å². The van der Waals surface area contributed by atoms with Gasteiger partial charge in [0.05, 0.1) is 28.2 Å². The Morgan fingerprint density at radius 2 is 1.93 bits per heavy atom. The van der Waals surface area contributed by atoms with Crippen LogP contribution in [0.15, 0.2) is 47.3 Å². The predicted octanol–water partition coefficient (Wildman–Crippen LogP) is 2.77. The first-order valence-corrected chi connectivity index (χ1v) is 9.14. The molecule has 0 saturated heterocycles. The molecule has 1 atom stereocenters. The Morgan fingerprint density at radius 1 is 1.18 bits per heavy atom. The average molecular weight is 375 g/mol. The molecule has 142 valence electrons. The lowest BCUT2D eigenvalue weighted by atomic mass is 10.1. The van der Waals surface area contributed by atoms with Crippen LogP contribution in [0.2, 0.25) is 0 Å². The third kappa shape index (κ3) is 3.26. The molecule has 2 heterocycles. The molecule has 2 aromatic carbocycles. The molecule has 0 aliphatic heterocycles. The quantitative estimate of drug-likeness (QED) is 0.574. The standard InChI is InChI=1S/C21H21N5O2/c1-12-8-9-17-18(10-12)24-20(23-17)14(3)22-19(27)11-26-21(28)16-7-5-4-6-15(16)13(2)25-26/h4-10,14H,11H2,1-3H3,(H,22,27)(H,23,24)/t14-/m1/s1. The van der Waals surface area contributed by atoms with Crippen LogP contribution in [0.4, 0.5) is 0 Å². The molecular weight excluding hydrogens is 354 g/mol. The molecule has 0 aliphatic rings. The van der Waals surface area contributed by atoms with Gasteiger partial charge < -0.3 is 10.3 Å². The van der Waals surface area contributed by atoms with Crippen LogP contribution in [0.3, 0.4) is 0 Å². The Bertz CT molecular complexity index is 1250. The summed E-state index contributed by atoms with van der Waals surface area (Å²) >= 11 is 0. The zero-order chi connectivity index (χ0) is 19.8. The lowest BCUT2D eigenvalue weighted by Gasteiger charge is -2.13. The van der Waals surface area contributed by atoms with Crippen molar-refractivity contribution in [2.24, 2.45) is 0 Å². The van der Waals surface area contributed by atoms with E-state index in [-0.39, 0.29) is 24.1 Å². The van der Waals surface area contributed by atoms with E-state index in [1.54, 1.807) is 12.1 Å². The maximum absolute atomic E-state index is 12.6. The Kier molecular flexibility index (Phi) is 4.43. The zero-order valence-corrected chi connectivity index (χ0v) is 16.0. The van der Waals surface area contributed by atoms with Gasteiger partial charge in [-0.1, -0.05) is 24.3 Å². The number of fused-ring (bicyclic) bond motifs is 2. The number of aromatic amines is 1. The molecule has 0 spiro atoms. The number of hydrogen-bond donors (Lipinski definition) is 2. The molecular formula is C21H21N5O2. The molecule has 2 N–H and O–H groups in total. The molecule has 28 heavy (non-hydrogen) atoms. The van der Waals surface area contributed by atoms with Gasteiger partial charge in [0.2, 0.25) is 5.91 Å². The smallest absolute Gasteiger partial charge is 0.275 e. The fourth-order valence-electron chi connectivity index (χ4n) is 3.35. The second kappa shape index (κ2) is 6.92. The maximum atomic E-state index is 12.6. The molecule has 0 unspecified atom stereocenters. The summed E-state index contributed by atoms with van der Waals surface area (Å²) in [4.78, 5) is 32.9. The van der Waals surface area contributed by atoms with Crippen molar-refractivity contribution in [2.45, 2.75) is 33.4 Å². The summed E-state index contributed by atoms with van der Waals surface area (Å²) in [6.07, 6.45) is 0. The summed E-state index contributed by atoms with van der Waals surface area (Å²) in [6, 6.07) is 12.9. The Labute approximate surface area is 161 Å². The number of aromatic nitrogens is 4. The summed E-state index contributed by atoms with van der Waals surface area (Å²) in [7, 11) is 0. The number of amides is 1. The normalized spacial score (nSPS) is 12.4. The summed E-state index contributed by atoms with van der Waals surface area (Å²) in [5.74, 6) is 0.373. The molecule has 0 saturated carbocycles. The van der Waals surface area contributed by atoms with Gasteiger partial charge in [-0.3, -0.25) is 9.59 Å². The van der Waals surface area contributed by atoms with Gasteiger partial charge in [0.25, 0.3) is 5.56 Å². The number of carbonyl (C=O) groups excluding carboxylic acids is 1. The monoisotopic (exact) mass is 375 g/mol. The first-order chi connectivity index (χ1) is 13.4. The molecule has 7 nitrogen and oxygen atoms in total. The van der Waals surface area contributed by atoms with Gasteiger partial charge in [-0.25, -0.2) is 9.67 Å². The summed E-state index contributed by atoms with van der Waals surface area (Å²) < 4.78 is 1.21. The van der Waals surface area contributed by atoms with Crippen LogP contribution in [-0.2, 0) is 11.3 Å². The van der Waals surface area contributed by atoms with Crippen LogP contribution in [-0.4, -0.2) is 25.7 Å². The summed E-state index contributed by atoms with van der Waals surface area (Å²) in [6.45, 7) is 5.55. The molecule has 4 rings (SSSR count). The number of nitrogens with one attached hydrogen (secondary N) is 2. The van der Waals surface area contributed by atoms with Crippen LogP contribution >= 0.6 is 0 Å². The first-order valence-electron chi connectivity index (χ1n) is 9.14. The number of H-pyrrole nitrogens is 1. The van der Waals surface area contributed by atoms with Crippen molar-refractivity contribution < 1.29 is 4.79 Å². The van der Waals surface area contributed by atoms with E-state index in [1.807, 2.05) is 51.1 Å². The second-order valence-electron chi connectivity index (χ2n) is 7.03. The van der Waals surface area contributed by atoms with Crippen LogP contribution in [0.1, 0.15) is 30.0 Å². The molecule has 0 bridgehead atoms. The topological polar surface area (TPSA) is 92.7 Å². The number of rotatable bonds is 4. The van der Waals surface area contributed by atoms with Crippen molar-refractivity contribution in [2.75, 3.05) is 0 Å². The molecule has 2 aromatic heterocycles. The van der Waals surface area contributed by atoms with Crippen LogP contribution in [0.5, 0.6) is 0 Å². The van der Waals surface area contributed by atoms with Gasteiger partial charge in [-0.15, -0.1) is 0 Å². The van der Waals surface area contributed by atoms with Gasteiger partial charge >= 0.3 is 0 Å². The van der Waals surface area contributed by atoms with Crippen LogP contribution < -0.4 is 10.9 Å². The molecule has 7 heteroatoms. The number of nitrogens with zero attached hydrogens (tertiary/aromatic N) is 3. The minimum Gasteiger partial charge on any atom is -0.345 e. The highest BCUT2D eigenvalue weighted by Gasteiger charge is 2.16. The first kappa shape index (κ1) is 17.9. The highest BCUT2D eigenvalue weighted by Crippen LogP contribution is 2.17. The number of hydrogen-bond acceptors (Lipinski definition) is 4. The van der Waals surface area contributed by atoms with Crippen molar-refractivity contribution in [3.05, 3.63) is 69.9 Å². The van der Waals surface area contributed by atoms with Gasteiger partial charge in [0.1, 0.15) is 12.4 Å². The third-order valence-corrected chi connectivity index (χ3v) is 4.79. The lowest BCUT2D eigenvalue weighted by molar-refractivity contribution is -0.122. The van der Waals surface area contributed by atoms with Crippen molar-refractivity contribution in [3.8, 4) is 0 Å². The molecule has 0 fully saturated rings. The van der Waals surface area contributed by atoms with Crippen molar-refractivity contribution in [1.82, 2.24) is 25.1 Å². The van der Waals surface area contributed by atoms with Crippen molar-refractivity contribution in [3.63, 3.8) is 0 Å². The van der Waals surface area contributed by atoms with Gasteiger partial charge in [-0.2, -0.15) is 5.10 Å². The highest BCUT2D eigenvalue weighted by molar-refractivity contribution is 5.84. The number of carbonyl (C=O) groups is 1. The van der Waals surface area contributed by atoms with E-state index in [2.05, 4.69) is 20.4 Å². The summed E-state index contributed by atoms with van der Waals surface area (Å²) in [5, 5.41) is 8.53. The molecule has 1 amide bonds. The number of aryl methyl sites for hydroxylation is 2. The highest BCUT2D eigenvalue weighted by atomic mass is 16.2. The fourth-order valence-corrected chi connectivity index (χ4v) is 3.35.